The highest BCUT2D eigenvalue weighted by Crippen LogP contribution is 2.28. The van der Waals surface area contributed by atoms with E-state index in [2.05, 4.69) is 107 Å². The summed E-state index contributed by atoms with van der Waals surface area (Å²) in [6, 6.07) is 10.8. The van der Waals surface area contributed by atoms with Crippen molar-refractivity contribution >= 4 is 11.4 Å². The van der Waals surface area contributed by atoms with Gasteiger partial charge in [0.1, 0.15) is 0 Å². The van der Waals surface area contributed by atoms with E-state index in [-0.39, 0.29) is 5.54 Å². The van der Waals surface area contributed by atoms with Gasteiger partial charge in [-0.1, -0.05) is 61.6 Å². The molecule has 162 valence electrons. The molecule has 0 bridgehead atoms. The Balaban J connectivity index is 2.06. The quantitative estimate of drug-likeness (QED) is 0.296. The molecular formula is C28H40N2. The molecule has 1 heterocycles. The van der Waals surface area contributed by atoms with Gasteiger partial charge in [-0.25, -0.2) is 0 Å². The summed E-state index contributed by atoms with van der Waals surface area (Å²) in [7, 11) is 0. The van der Waals surface area contributed by atoms with Crippen LogP contribution in [0.25, 0.3) is 0 Å². The monoisotopic (exact) mass is 404 g/mol. The second-order valence-corrected chi connectivity index (χ2v) is 9.23. The molecule has 0 radical (unpaired) electrons. The standard InChI is InChI=1S/C28H40N2/c1-7-8-14-24(4)30-28(5,6)22(2)13-12-17-27-21-29-23(3)18-19-26(27)20-25-15-10-9-11-16-25/h7-12,15-17,21-22,26H,13-14,18-20H2,1-6H3/b8-7+,17-12-,30-24?. The minimum atomic E-state index is -0.0635. The summed E-state index contributed by atoms with van der Waals surface area (Å²) in [6.07, 6.45) is 16.3. The SMILES string of the molecule is C/C=C/CC(C)=NC(C)(C)C(C)C/C=C\C1=CN=C(C)CCC1Cc1ccccc1. The highest BCUT2D eigenvalue weighted by Gasteiger charge is 2.24. The van der Waals surface area contributed by atoms with Crippen molar-refractivity contribution in [2.45, 2.75) is 79.2 Å². The van der Waals surface area contributed by atoms with Crippen molar-refractivity contribution in [3.8, 4) is 0 Å². The minimum absolute atomic E-state index is 0.0635. The van der Waals surface area contributed by atoms with E-state index in [1.165, 1.54) is 22.6 Å². The first-order valence-electron chi connectivity index (χ1n) is 11.4. The van der Waals surface area contributed by atoms with Gasteiger partial charge in [-0.3, -0.25) is 9.98 Å². The van der Waals surface area contributed by atoms with Crippen LogP contribution in [0.5, 0.6) is 0 Å². The van der Waals surface area contributed by atoms with Crippen LogP contribution in [0, 0.1) is 11.8 Å². The van der Waals surface area contributed by atoms with Crippen LogP contribution in [-0.4, -0.2) is 17.0 Å². The Kier molecular flexibility index (Phi) is 9.49. The maximum absolute atomic E-state index is 5.00. The van der Waals surface area contributed by atoms with E-state index < -0.39 is 0 Å². The van der Waals surface area contributed by atoms with Crippen LogP contribution >= 0.6 is 0 Å². The van der Waals surface area contributed by atoms with Gasteiger partial charge in [0.15, 0.2) is 0 Å². The van der Waals surface area contributed by atoms with Crippen molar-refractivity contribution in [2.24, 2.45) is 21.8 Å². The number of allylic oxidation sites excluding steroid dienone is 5. The van der Waals surface area contributed by atoms with E-state index in [9.17, 15) is 0 Å². The van der Waals surface area contributed by atoms with Crippen molar-refractivity contribution in [1.29, 1.82) is 0 Å². The second kappa shape index (κ2) is 11.8. The van der Waals surface area contributed by atoms with Crippen LogP contribution in [0.1, 0.15) is 72.8 Å². The Morgan fingerprint density at radius 3 is 2.67 bits per heavy atom. The summed E-state index contributed by atoms with van der Waals surface area (Å²) in [5, 5.41) is 0. The molecule has 1 aliphatic heterocycles. The Morgan fingerprint density at radius 1 is 1.23 bits per heavy atom. The van der Waals surface area contributed by atoms with Gasteiger partial charge in [0, 0.05) is 24.0 Å². The summed E-state index contributed by atoms with van der Waals surface area (Å²) in [5.74, 6) is 0.993. The number of hydrogen-bond acceptors (Lipinski definition) is 2. The third-order valence-electron chi connectivity index (χ3n) is 6.22. The Bertz CT molecular complexity index is 806. The number of rotatable bonds is 9. The first-order valence-corrected chi connectivity index (χ1v) is 11.4. The van der Waals surface area contributed by atoms with Gasteiger partial charge in [0.2, 0.25) is 0 Å². The molecule has 2 nitrogen and oxygen atoms in total. The number of nitrogens with zero attached hydrogens (tertiary/aromatic N) is 2. The topological polar surface area (TPSA) is 24.7 Å². The molecule has 0 spiro atoms. The fourth-order valence-electron chi connectivity index (χ4n) is 3.83. The first kappa shape index (κ1) is 24.1. The zero-order valence-corrected chi connectivity index (χ0v) is 19.9. The maximum atomic E-state index is 5.00. The van der Waals surface area contributed by atoms with E-state index in [4.69, 9.17) is 4.99 Å². The molecule has 0 aromatic heterocycles. The maximum Gasteiger partial charge on any atom is 0.0579 e. The third-order valence-corrected chi connectivity index (χ3v) is 6.22. The largest absolute Gasteiger partial charge is 0.288 e. The Hall–Kier alpha value is -2.22. The fraction of sp³-hybridized carbons (Fsp3) is 0.500. The van der Waals surface area contributed by atoms with Gasteiger partial charge in [0.25, 0.3) is 0 Å². The van der Waals surface area contributed by atoms with Gasteiger partial charge >= 0.3 is 0 Å². The molecule has 2 heteroatoms. The van der Waals surface area contributed by atoms with Gasteiger partial charge in [-0.2, -0.15) is 0 Å². The van der Waals surface area contributed by atoms with Crippen LogP contribution < -0.4 is 0 Å². The Labute approximate surface area is 184 Å². The van der Waals surface area contributed by atoms with Gasteiger partial charge in [-0.15, -0.1) is 0 Å². The van der Waals surface area contributed by atoms with E-state index in [1.54, 1.807) is 0 Å². The summed E-state index contributed by atoms with van der Waals surface area (Å²) < 4.78 is 0. The zero-order valence-electron chi connectivity index (χ0n) is 19.9. The van der Waals surface area contributed by atoms with Crippen molar-refractivity contribution in [3.05, 3.63) is 72.0 Å². The minimum Gasteiger partial charge on any atom is -0.288 e. The van der Waals surface area contributed by atoms with Gasteiger partial charge < -0.3 is 0 Å². The van der Waals surface area contributed by atoms with E-state index in [1.807, 2.05) is 0 Å². The van der Waals surface area contributed by atoms with Crippen LogP contribution in [-0.2, 0) is 6.42 Å². The highest BCUT2D eigenvalue weighted by molar-refractivity contribution is 5.83. The molecule has 2 rings (SSSR count). The molecule has 0 saturated heterocycles. The summed E-state index contributed by atoms with van der Waals surface area (Å²) in [6.45, 7) is 13.1. The predicted octanol–water partition coefficient (Wildman–Crippen LogP) is 7.77. The molecule has 0 saturated carbocycles. The van der Waals surface area contributed by atoms with Crippen molar-refractivity contribution in [1.82, 2.24) is 0 Å². The van der Waals surface area contributed by atoms with Gasteiger partial charge in [-0.05, 0) is 83.3 Å². The molecule has 30 heavy (non-hydrogen) atoms. The van der Waals surface area contributed by atoms with Crippen molar-refractivity contribution < 1.29 is 0 Å². The molecule has 2 unspecified atom stereocenters. The third kappa shape index (κ3) is 7.89. The van der Waals surface area contributed by atoms with Crippen molar-refractivity contribution in [3.63, 3.8) is 0 Å². The molecule has 0 aliphatic carbocycles. The van der Waals surface area contributed by atoms with Crippen LogP contribution in [0.3, 0.4) is 0 Å². The second-order valence-electron chi connectivity index (χ2n) is 9.23. The molecule has 1 aliphatic rings. The smallest absolute Gasteiger partial charge is 0.0579 e. The molecule has 1 aromatic carbocycles. The highest BCUT2D eigenvalue weighted by atomic mass is 14.9. The molecule has 1 aromatic rings. The van der Waals surface area contributed by atoms with Crippen molar-refractivity contribution in [2.75, 3.05) is 0 Å². The molecular weight excluding hydrogens is 364 g/mol. The predicted molar refractivity (Wildman–Crippen MR) is 134 cm³/mol. The van der Waals surface area contributed by atoms with Crippen LogP contribution in [0.4, 0.5) is 0 Å². The van der Waals surface area contributed by atoms with Crippen LogP contribution in [0.15, 0.2) is 76.4 Å². The van der Waals surface area contributed by atoms with E-state index >= 15 is 0 Å². The summed E-state index contributed by atoms with van der Waals surface area (Å²) in [4.78, 5) is 9.69. The van der Waals surface area contributed by atoms with E-state index in [0.29, 0.717) is 11.8 Å². The van der Waals surface area contributed by atoms with Gasteiger partial charge in [0.05, 0.1) is 5.54 Å². The summed E-state index contributed by atoms with van der Waals surface area (Å²) in [5.41, 5.74) is 5.13. The molecule has 0 N–H and O–H groups in total. The number of hydrogen-bond donors (Lipinski definition) is 0. The lowest BCUT2D eigenvalue weighted by Gasteiger charge is -2.28. The lowest BCUT2D eigenvalue weighted by atomic mass is 9.85. The zero-order chi connectivity index (χ0) is 22.0. The molecule has 2 atom stereocenters. The molecule has 0 fully saturated rings. The molecule has 0 amide bonds. The van der Waals surface area contributed by atoms with Crippen LogP contribution in [0.2, 0.25) is 0 Å². The average molecular weight is 405 g/mol. The Morgan fingerprint density at radius 2 is 1.97 bits per heavy atom. The first-order chi connectivity index (χ1) is 14.3. The number of benzene rings is 1. The normalized spacial score (nSPS) is 19.7. The fourth-order valence-corrected chi connectivity index (χ4v) is 3.83. The lowest BCUT2D eigenvalue weighted by Crippen LogP contribution is -2.27. The number of aliphatic imine (C=N–C) groups is 2. The summed E-state index contributed by atoms with van der Waals surface area (Å²) >= 11 is 0. The average Bonchev–Trinajstić information content (AvgIpc) is 2.88. The lowest BCUT2D eigenvalue weighted by molar-refractivity contribution is 0.351. The van der Waals surface area contributed by atoms with E-state index in [0.717, 1.165) is 32.1 Å².